The van der Waals surface area contributed by atoms with Gasteiger partial charge in [0.2, 0.25) is 5.91 Å². The SMILES string of the molecule is CCC(C)C(N)C(=O)NCCCOc1ccc(C)cc1.Cl. The molecule has 4 nitrogen and oxygen atoms in total. The number of hydrogen-bond donors (Lipinski definition) is 2. The summed E-state index contributed by atoms with van der Waals surface area (Å²) in [5, 5.41) is 2.85. The molecule has 0 fully saturated rings. The lowest BCUT2D eigenvalue weighted by molar-refractivity contribution is -0.123. The second-order valence-corrected chi connectivity index (χ2v) is 5.22. The fourth-order valence-corrected chi connectivity index (χ4v) is 1.74. The monoisotopic (exact) mass is 314 g/mol. The van der Waals surface area contributed by atoms with Gasteiger partial charge in [0, 0.05) is 6.54 Å². The zero-order valence-electron chi connectivity index (χ0n) is 13.1. The second kappa shape index (κ2) is 10.5. The molecule has 0 saturated heterocycles. The van der Waals surface area contributed by atoms with Crippen LogP contribution in [0.1, 0.15) is 32.3 Å². The van der Waals surface area contributed by atoms with Crippen molar-refractivity contribution in [2.24, 2.45) is 11.7 Å². The number of aryl methyl sites for hydroxylation is 1. The van der Waals surface area contributed by atoms with Gasteiger partial charge in [-0.15, -0.1) is 12.4 Å². The first-order valence-electron chi connectivity index (χ1n) is 7.27. The van der Waals surface area contributed by atoms with E-state index in [4.69, 9.17) is 10.5 Å². The number of amides is 1. The molecule has 2 unspecified atom stereocenters. The highest BCUT2D eigenvalue weighted by Gasteiger charge is 2.18. The molecule has 1 rings (SSSR count). The summed E-state index contributed by atoms with van der Waals surface area (Å²) in [4.78, 5) is 11.7. The van der Waals surface area contributed by atoms with Gasteiger partial charge in [0.05, 0.1) is 12.6 Å². The standard InChI is InChI=1S/C16H26N2O2.ClH/c1-4-13(3)15(17)16(19)18-10-5-11-20-14-8-6-12(2)7-9-14;/h6-9,13,15H,4-5,10-11,17H2,1-3H3,(H,18,19);1H. The van der Waals surface area contributed by atoms with Crippen LogP contribution in [0.25, 0.3) is 0 Å². The van der Waals surface area contributed by atoms with Crippen molar-refractivity contribution in [1.29, 1.82) is 0 Å². The number of rotatable bonds is 8. The predicted octanol–water partition coefficient (Wildman–Crippen LogP) is 2.68. The van der Waals surface area contributed by atoms with Crippen LogP contribution in [0.5, 0.6) is 5.75 Å². The summed E-state index contributed by atoms with van der Waals surface area (Å²) in [6, 6.07) is 7.52. The molecule has 2 atom stereocenters. The van der Waals surface area contributed by atoms with Crippen LogP contribution in [0, 0.1) is 12.8 Å². The van der Waals surface area contributed by atoms with Gasteiger partial charge in [0.1, 0.15) is 5.75 Å². The molecule has 1 amide bonds. The van der Waals surface area contributed by atoms with Gasteiger partial charge in [-0.2, -0.15) is 0 Å². The van der Waals surface area contributed by atoms with Crippen molar-refractivity contribution in [3.63, 3.8) is 0 Å². The summed E-state index contributed by atoms with van der Waals surface area (Å²) < 4.78 is 5.59. The highest BCUT2D eigenvalue weighted by Crippen LogP contribution is 2.11. The molecule has 0 heterocycles. The maximum Gasteiger partial charge on any atom is 0.237 e. The van der Waals surface area contributed by atoms with Crippen molar-refractivity contribution in [2.45, 2.75) is 39.7 Å². The van der Waals surface area contributed by atoms with Crippen molar-refractivity contribution in [3.05, 3.63) is 29.8 Å². The highest BCUT2D eigenvalue weighted by atomic mass is 35.5. The zero-order valence-corrected chi connectivity index (χ0v) is 13.9. The number of hydrogen-bond acceptors (Lipinski definition) is 3. The van der Waals surface area contributed by atoms with Crippen LogP contribution >= 0.6 is 12.4 Å². The first kappa shape index (κ1) is 19.7. The number of ether oxygens (including phenoxy) is 1. The van der Waals surface area contributed by atoms with Crippen LogP contribution in [0.3, 0.4) is 0 Å². The maximum absolute atomic E-state index is 11.7. The molecule has 1 aromatic rings. The van der Waals surface area contributed by atoms with Gasteiger partial charge in [-0.1, -0.05) is 38.0 Å². The number of benzene rings is 1. The zero-order chi connectivity index (χ0) is 15.0. The van der Waals surface area contributed by atoms with Gasteiger partial charge in [-0.25, -0.2) is 0 Å². The van der Waals surface area contributed by atoms with Gasteiger partial charge in [0.25, 0.3) is 0 Å². The average Bonchev–Trinajstić information content (AvgIpc) is 2.47. The Morgan fingerprint density at radius 1 is 1.33 bits per heavy atom. The molecular formula is C16H27ClN2O2. The lowest BCUT2D eigenvalue weighted by Gasteiger charge is -2.17. The van der Waals surface area contributed by atoms with Crippen molar-refractivity contribution < 1.29 is 9.53 Å². The molecule has 0 aromatic heterocycles. The molecule has 0 aliphatic heterocycles. The predicted molar refractivity (Wildman–Crippen MR) is 89.0 cm³/mol. The molecule has 21 heavy (non-hydrogen) atoms. The summed E-state index contributed by atoms with van der Waals surface area (Å²) in [5.41, 5.74) is 7.06. The molecule has 0 bridgehead atoms. The fraction of sp³-hybridized carbons (Fsp3) is 0.562. The van der Waals surface area contributed by atoms with E-state index in [-0.39, 0.29) is 24.2 Å². The normalized spacial score (nSPS) is 13.0. The summed E-state index contributed by atoms with van der Waals surface area (Å²) >= 11 is 0. The highest BCUT2D eigenvalue weighted by molar-refractivity contribution is 5.85. The van der Waals surface area contributed by atoms with E-state index in [0.717, 1.165) is 18.6 Å². The Morgan fingerprint density at radius 2 is 1.95 bits per heavy atom. The third-order valence-electron chi connectivity index (χ3n) is 3.47. The Morgan fingerprint density at radius 3 is 2.52 bits per heavy atom. The molecule has 1 aromatic carbocycles. The maximum atomic E-state index is 11.7. The van der Waals surface area contributed by atoms with Gasteiger partial charge in [-0.3, -0.25) is 4.79 Å². The summed E-state index contributed by atoms with van der Waals surface area (Å²) in [6.07, 6.45) is 1.68. The van der Waals surface area contributed by atoms with E-state index in [1.807, 2.05) is 45.0 Å². The minimum atomic E-state index is -0.419. The first-order valence-corrected chi connectivity index (χ1v) is 7.27. The Labute approximate surface area is 133 Å². The molecule has 5 heteroatoms. The fourth-order valence-electron chi connectivity index (χ4n) is 1.74. The number of nitrogens with one attached hydrogen (secondary N) is 1. The Kier molecular flexibility index (Phi) is 9.84. The number of carbonyl (C=O) groups excluding carboxylic acids is 1. The largest absolute Gasteiger partial charge is 0.494 e. The average molecular weight is 315 g/mol. The third kappa shape index (κ3) is 7.34. The molecule has 0 saturated carbocycles. The molecular weight excluding hydrogens is 288 g/mol. The minimum Gasteiger partial charge on any atom is -0.494 e. The number of nitrogens with two attached hydrogens (primary N) is 1. The Balaban J connectivity index is 0.00000400. The van der Waals surface area contributed by atoms with Crippen LogP contribution in [0.2, 0.25) is 0 Å². The minimum absolute atomic E-state index is 0. The molecule has 0 aliphatic carbocycles. The summed E-state index contributed by atoms with van der Waals surface area (Å²) in [7, 11) is 0. The van der Waals surface area contributed by atoms with Crippen LogP contribution in [0.15, 0.2) is 24.3 Å². The van der Waals surface area contributed by atoms with Crippen LogP contribution in [-0.2, 0) is 4.79 Å². The third-order valence-corrected chi connectivity index (χ3v) is 3.47. The Hall–Kier alpha value is -1.26. The van der Waals surface area contributed by atoms with Crippen molar-refractivity contribution in [3.8, 4) is 5.75 Å². The molecule has 0 aliphatic rings. The van der Waals surface area contributed by atoms with E-state index in [0.29, 0.717) is 13.2 Å². The number of carbonyl (C=O) groups is 1. The molecule has 3 N–H and O–H groups in total. The van der Waals surface area contributed by atoms with Crippen molar-refractivity contribution >= 4 is 18.3 Å². The Bertz CT molecular complexity index is 409. The van der Waals surface area contributed by atoms with E-state index in [1.165, 1.54) is 5.56 Å². The van der Waals surface area contributed by atoms with E-state index >= 15 is 0 Å². The molecule has 120 valence electrons. The van der Waals surface area contributed by atoms with Crippen LogP contribution in [0.4, 0.5) is 0 Å². The van der Waals surface area contributed by atoms with Gasteiger partial charge in [0.15, 0.2) is 0 Å². The second-order valence-electron chi connectivity index (χ2n) is 5.22. The van der Waals surface area contributed by atoms with E-state index in [2.05, 4.69) is 5.32 Å². The van der Waals surface area contributed by atoms with E-state index in [9.17, 15) is 4.79 Å². The van der Waals surface area contributed by atoms with Crippen LogP contribution < -0.4 is 15.8 Å². The van der Waals surface area contributed by atoms with Gasteiger partial charge in [-0.05, 0) is 31.4 Å². The van der Waals surface area contributed by atoms with Gasteiger partial charge >= 0.3 is 0 Å². The summed E-state index contributed by atoms with van der Waals surface area (Å²) in [5.74, 6) is 0.992. The smallest absolute Gasteiger partial charge is 0.237 e. The molecule has 0 radical (unpaired) electrons. The topological polar surface area (TPSA) is 64.4 Å². The van der Waals surface area contributed by atoms with E-state index in [1.54, 1.807) is 0 Å². The van der Waals surface area contributed by atoms with Gasteiger partial charge < -0.3 is 15.8 Å². The van der Waals surface area contributed by atoms with E-state index < -0.39 is 6.04 Å². The van der Waals surface area contributed by atoms with Crippen molar-refractivity contribution in [2.75, 3.05) is 13.2 Å². The lowest BCUT2D eigenvalue weighted by Crippen LogP contribution is -2.45. The quantitative estimate of drug-likeness (QED) is 0.725. The molecule has 0 spiro atoms. The number of halogens is 1. The summed E-state index contributed by atoms with van der Waals surface area (Å²) in [6.45, 7) is 7.24. The van der Waals surface area contributed by atoms with Crippen molar-refractivity contribution in [1.82, 2.24) is 5.32 Å². The first-order chi connectivity index (χ1) is 9.54. The van der Waals surface area contributed by atoms with Crippen LogP contribution in [-0.4, -0.2) is 25.1 Å². The lowest BCUT2D eigenvalue weighted by atomic mass is 9.99.